The van der Waals surface area contributed by atoms with Gasteiger partial charge in [-0.3, -0.25) is 4.79 Å². The summed E-state index contributed by atoms with van der Waals surface area (Å²) in [5.74, 6) is 0.908. The van der Waals surface area contributed by atoms with E-state index in [1.54, 1.807) is 12.1 Å². The summed E-state index contributed by atoms with van der Waals surface area (Å²) < 4.78 is 49.3. The van der Waals surface area contributed by atoms with Gasteiger partial charge in [-0.15, -0.1) is 0 Å². The number of fused-ring (bicyclic) bond motifs is 1. The van der Waals surface area contributed by atoms with Crippen LogP contribution in [0.25, 0.3) is 0 Å². The highest BCUT2D eigenvalue weighted by atomic mass is 19.4. The number of amides is 1. The van der Waals surface area contributed by atoms with Crippen molar-refractivity contribution in [1.82, 2.24) is 0 Å². The van der Waals surface area contributed by atoms with Crippen molar-refractivity contribution >= 4 is 11.6 Å². The predicted molar refractivity (Wildman–Crippen MR) is 85.7 cm³/mol. The van der Waals surface area contributed by atoms with Gasteiger partial charge in [-0.1, -0.05) is 18.2 Å². The highest BCUT2D eigenvalue weighted by Crippen LogP contribution is 2.32. The summed E-state index contributed by atoms with van der Waals surface area (Å²) in [6.07, 6.45) is -4.20. The molecule has 7 heteroatoms. The highest BCUT2D eigenvalue weighted by molar-refractivity contribution is 5.90. The van der Waals surface area contributed by atoms with Crippen LogP contribution < -0.4 is 14.8 Å². The molecule has 2 aromatic rings. The van der Waals surface area contributed by atoms with Crippen molar-refractivity contribution in [3.63, 3.8) is 0 Å². The molecule has 3 rings (SSSR count). The van der Waals surface area contributed by atoms with Crippen LogP contribution in [0.2, 0.25) is 0 Å². The van der Waals surface area contributed by atoms with Crippen LogP contribution in [0.1, 0.15) is 18.4 Å². The molecule has 0 fully saturated rings. The maximum absolute atomic E-state index is 12.7. The molecule has 4 nitrogen and oxygen atoms in total. The summed E-state index contributed by atoms with van der Waals surface area (Å²) in [7, 11) is 0. The Kier molecular flexibility index (Phi) is 4.83. The smallest absolute Gasteiger partial charge is 0.416 e. The molecular formula is C18H16F3NO3. The maximum atomic E-state index is 12.7. The van der Waals surface area contributed by atoms with Gasteiger partial charge in [0.2, 0.25) is 5.91 Å². The molecule has 1 aliphatic heterocycles. The van der Waals surface area contributed by atoms with E-state index in [0.717, 1.165) is 12.1 Å². The lowest BCUT2D eigenvalue weighted by molar-refractivity contribution is -0.137. The third-order valence-corrected chi connectivity index (χ3v) is 3.73. The SMILES string of the molecule is O=C(CC[C@@H]1COc2ccccc2O1)Nc1cccc(C(F)(F)F)c1. The molecule has 1 amide bonds. The second kappa shape index (κ2) is 7.04. The van der Waals surface area contributed by atoms with Crippen LogP contribution in [-0.4, -0.2) is 18.6 Å². The molecule has 132 valence electrons. The lowest BCUT2D eigenvalue weighted by Gasteiger charge is -2.26. The summed E-state index contributed by atoms with van der Waals surface area (Å²) in [6.45, 7) is 0.327. The molecule has 2 aromatic carbocycles. The van der Waals surface area contributed by atoms with Crippen LogP contribution in [-0.2, 0) is 11.0 Å². The fourth-order valence-corrected chi connectivity index (χ4v) is 2.49. The first kappa shape index (κ1) is 17.1. The fraction of sp³-hybridized carbons (Fsp3) is 0.278. The number of halogens is 3. The van der Waals surface area contributed by atoms with Gasteiger partial charge in [0.25, 0.3) is 0 Å². The lowest BCUT2D eigenvalue weighted by atomic mass is 10.1. The summed E-state index contributed by atoms with van der Waals surface area (Å²) >= 11 is 0. The number of alkyl halides is 3. The van der Waals surface area contributed by atoms with E-state index in [2.05, 4.69) is 5.32 Å². The number of ether oxygens (including phenoxy) is 2. The summed E-state index contributed by atoms with van der Waals surface area (Å²) in [5.41, 5.74) is -0.683. The lowest BCUT2D eigenvalue weighted by Crippen LogP contribution is -2.30. The van der Waals surface area contributed by atoms with E-state index in [-0.39, 0.29) is 24.1 Å². The summed E-state index contributed by atoms with van der Waals surface area (Å²) in [6, 6.07) is 11.8. The Morgan fingerprint density at radius 1 is 1.12 bits per heavy atom. The van der Waals surface area contributed by atoms with E-state index < -0.39 is 11.7 Å². The Hall–Kier alpha value is -2.70. The van der Waals surface area contributed by atoms with Gasteiger partial charge in [-0.2, -0.15) is 13.2 Å². The van der Waals surface area contributed by atoms with Gasteiger partial charge in [-0.25, -0.2) is 0 Å². The molecular weight excluding hydrogens is 335 g/mol. The van der Waals surface area contributed by atoms with E-state index in [9.17, 15) is 18.0 Å². The molecule has 0 spiro atoms. The van der Waals surface area contributed by atoms with Crippen molar-refractivity contribution in [1.29, 1.82) is 0 Å². The number of hydrogen-bond donors (Lipinski definition) is 1. The number of anilines is 1. The van der Waals surface area contributed by atoms with E-state index in [1.165, 1.54) is 12.1 Å². The summed E-state index contributed by atoms with van der Waals surface area (Å²) in [4.78, 5) is 12.0. The largest absolute Gasteiger partial charge is 0.486 e. The third-order valence-electron chi connectivity index (χ3n) is 3.73. The van der Waals surface area contributed by atoms with Crippen molar-refractivity contribution in [3.05, 3.63) is 54.1 Å². The van der Waals surface area contributed by atoms with E-state index in [0.29, 0.717) is 24.5 Å². The highest BCUT2D eigenvalue weighted by Gasteiger charge is 2.30. The number of rotatable bonds is 4. The minimum atomic E-state index is -4.44. The molecule has 1 atom stereocenters. The fourth-order valence-electron chi connectivity index (χ4n) is 2.49. The van der Waals surface area contributed by atoms with Crippen LogP contribution in [0.15, 0.2) is 48.5 Å². The van der Waals surface area contributed by atoms with Gasteiger partial charge in [0.05, 0.1) is 5.56 Å². The minimum Gasteiger partial charge on any atom is -0.486 e. The van der Waals surface area contributed by atoms with Crippen LogP contribution in [0.4, 0.5) is 18.9 Å². The Morgan fingerprint density at radius 2 is 1.88 bits per heavy atom. The predicted octanol–water partition coefficient (Wildman–Crippen LogP) is 4.26. The second-order valence-electron chi connectivity index (χ2n) is 5.66. The molecule has 1 heterocycles. The Bertz CT molecular complexity index is 761. The van der Waals surface area contributed by atoms with Crippen molar-refractivity contribution < 1.29 is 27.4 Å². The molecule has 1 aliphatic rings. The Morgan fingerprint density at radius 3 is 2.64 bits per heavy atom. The molecule has 0 bridgehead atoms. The monoisotopic (exact) mass is 351 g/mol. The quantitative estimate of drug-likeness (QED) is 0.895. The maximum Gasteiger partial charge on any atom is 0.416 e. The number of para-hydroxylation sites is 2. The van der Waals surface area contributed by atoms with Crippen LogP contribution in [0.5, 0.6) is 11.5 Å². The zero-order chi connectivity index (χ0) is 17.9. The average Bonchev–Trinajstić information content (AvgIpc) is 2.59. The zero-order valence-electron chi connectivity index (χ0n) is 13.2. The van der Waals surface area contributed by atoms with E-state index in [1.807, 2.05) is 12.1 Å². The third kappa shape index (κ3) is 4.43. The Balaban J connectivity index is 1.52. The van der Waals surface area contributed by atoms with Crippen molar-refractivity contribution in [2.45, 2.75) is 25.1 Å². The van der Waals surface area contributed by atoms with E-state index >= 15 is 0 Å². The van der Waals surface area contributed by atoms with Gasteiger partial charge < -0.3 is 14.8 Å². The minimum absolute atomic E-state index is 0.117. The first-order chi connectivity index (χ1) is 11.9. The normalized spacial score (nSPS) is 16.4. The van der Waals surface area contributed by atoms with Gasteiger partial charge in [0, 0.05) is 12.1 Å². The molecule has 0 radical (unpaired) electrons. The standard InChI is InChI=1S/C18H16F3NO3/c19-18(20,21)12-4-3-5-13(10-12)22-17(23)9-8-14-11-24-15-6-1-2-7-16(15)25-14/h1-7,10,14H,8-9,11H2,(H,22,23)/t14-/m1/s1. The van der Waals surface area contributed by atoms with Crippen molar-refractivity contribution in [2.75, 3.05) is 11.9 Å². The van der Waals surface area contributed by atoms with Gasteiger partial charge >= 0.3 is 6.18 Å². The Labute approximate surface area is 142 Å². The number of nitrogens with one attached hydrogen (secondary N) is 1. The second-order valence-corrected chi connectivity index (χ2v) is 5.66. The zero-order valence-corrected chi connectivity index (χ0v) is 13.2. The molecule has 25 heavy (non-hydrogen) atoms. The first-order valence-corrected chi connectivity index (χ1v) is 7.77. The number of benzene rings is 2. The molecule has 0 saturated heterocycles. The number of carbonyl (C=O) groups is 1. The van der Waals surface area contributed by atoms with Crippen LogP contribution in [0, 0.1) is 0 Å². The molecule has 1 N–H and O–H groups in total. The molecule has 0 saturated carbocycles. The first-order valence-electron chi connectivity index (χ1n) is 7.77. The topological polar surface area (TPSA) is 47.6 Å². The van der Waals surface area contributed by atoms with Crippen molar-refractivity contribution in [3.8, 4) is 11.5 Å². The van der Waals surface area contributed by atoms with Crippen LogP contribution in [0.3, 0.4) is 0 Å². The van der Waals surface area contributed by atoms with Crippen molar-refractivity contribution in [2.24, 2.45) is 0 Å². The summed E-state index contributed by atoms with van der Waals surface area (Å²) in [5, 5.41) is 2.48. The van der Waals surface area contributed by atoms with Gasteiger partial charge in [0.15, 0.2) is 11.5 Å². The van der Waals surface area contributed by atoms with Gasteiger partial charge in [0.1, 0.15) is 12.7 Å². The van der Waals surface area contributed by atoms with E-state index in [4.69, 9.17) is 9.47 Å². The molecule has 0 aliphatic carbocycles. The van der Waals surface area contributed by atoms with Gasteiger partial charge in [-0.05, 0) is 36.8 Å². The average molecular weight is 351 g/mol. The molecule has 0 aromatic heterocycles. The number of hydrogen-bond acceptors (Lipinski definition) is 3. The number of carbonyl (C=O) groups excluding carboxylic acids is 1. The molecule has 0 unspecified atom stereocenters. The van der Waals surface area contributed by atoms with Crippen LogP contribution >= 0.6 is 0 Å².